The van der Waals surface area contributed by atoms with Crippen LogP contribution in [-0.2, 0) is 6.61 Å². The summed E-state index contributed by atoms with van der Waals surface area (Å²) in [6.45, 7) is 0.734. The molecule has 0 spiro atoms. The number of benzene rings is 1. The Hall–Kier alpha value is -1.95. The first-order valence-electron chi connectivity index (χ1n) is 6.83. The molecule has 112 valence electrons. The minimum atomic E-state index is -0.995. The van der Waals surface area contributed by atoms with Gasteiger partial charge in [0.2, 0.25) is 0 Å². The molecule has 1 heterocycles. The van der Waals surface area contributed by atoms with Gasteiger partial charge in [0.15, 0.2) is 0 Å². The fourth-order valence-corrected chi connectivity index (χ4v) is 1.96. The van der Waals surface area contributed by atoms with Crippen LogP contribution < -0.4 is 10.1 Å². The summed E-state index contributed by atoms with van der Waals surface area (Å²) < 4.78 is 5.65. The van der Waals surface area contributed by atoms with Gasteiger partial charge in [-0.2, -0.15) is 0 Å². The van der Waals surface area contributed by atoms with Crippen molar-refractivity contribution < 1.29 is 14.9 Å². The van der Waals surface area contributed by atoms with Crippen molar-refractivity contribution in [1.29, 1.82) is 0 Å². The first-order chi connectivity index (χ1) is 10.2. The standard InChI is InChI=1S/C16H20N2O3/c1-17-10-15(19)16(20)13-7-14(9-18-8-13)21-11-12-5-3-2-4-6-12/h2-9,15-17,19-20H,10-11H2,1H3. The molecule has 0 saturated carbocycles. The lowest BCUT2D eigenvalue weighted by atomic mass is 10.1. The highest BCUT2D eigenvalue weighted by Gasteiger charge is 2.18. The molecule has 21 heavy (non-hydrogen) atoms. The number of ether oxygens (including phenoxy) is 1. The molecule has 0 aliphatic heterocycles. The number of aromatic nitrogens is 1. The van der Waals surface area contributed by atoms with Gasteiger partial charge in [0.05, 0.1) is 12.3 Å². The van der Waals surface area contributed by atoms with Gasteiger partial charge in [0.1, 0.15) is 18.5 Å². The van der Waals surface area contributed by atoms with Gasteiger partial charge in [0, 0.05) is 18.3 Å². The molecule has 0 radical (unpaired) electrons. The Kier molecular flexibility index (Phi) is 5.68. The average molecular weight is 288 g/mol. The Bertz CT molecular complexity index is 548. The van der Waals surface area contributed by atoms with Gasteiger partial charge >= 0.3 is 0 Å². The molecule has 3 N–H and O–H groups in total. The number of pyridine rings is 1. The normalized spacial score (nSPS) is 13.7. The molecule has 0 bridgehead atoms. The van der Waals surface area contributed by atoms with Crippen molar-refractivity contribution >= 4 is 0 Å². The van der Waals surface area contributed by atoms with Crippen molar-refractivity contribution in [3.8, 4) is 5.75 Å². The van der Waals surface area contributed by atoms with Crippen molar-refractivity contribution in [3.05, 3.63) is 59.9 Å². The van der Waals surface area contributed by atoms with E-state index in [2.05, 4.69) is 10.3 Å². The van der Waals surface area contributed by atoms with Crippen molar-refractivity contribution in [3.63, 3.8) is 0 Å². The van der Waals surface area contributed by atoms with Crippen LogP contribution in [0.15, 0.2) is 48.8 Å². The van der Waals surface area contributed by atoms with Gasteiger partial charge in [-0.3, -0.25) is 4.98 Å². The molecule has 2 rings (SSSR count). The Morgan fingerprint density at radius 3 is 2.67 bits per heavy atom. The monoisotopic (exact) mass is 288 g/mol. The zero-order valence-corrected chi connectivity index (χ0v) is 11.9. The van der Waals surface area contributed by atoms with Crippen LogP contribution in [-0.4, -0.2) is 34.9 Å². The first-order valence-corrected chi connectivity index (χ1v) is 6.83. The van der Waals surface area contributed by atoms with Crippen LogP contribution in [0, 0.1) is 0 Å². The molecule has 1 aromatic heterocycles. The topological polar surface area (TPSA) is 74.6 Å². The predicted octanol–water partition coefficient (Wildman–Crippen LogP) is 1.27. The van der Waals surface area contributed by atoms with E-state index in [1.807, 2.05) is 30.3 Å². The van der Waals surface area contributed by atoms with Crippen LogP contribution in [0.4, 0.5) is 0 Å². The van der Waals surface area contributed by atoms with Crippen LogP contribution in [0.3, 0.4) is 0 Å². The molecule has 5 nitrogen and oxygen atoms in total. The van der Waals surface area contributed by atoms with E-state index in [9.17, 15) is 10.2 Å². The molecule has 2 aromatic rings. The predicted molar refractivity (Wildman–Crippen MR) is 79.9 cm³/mol. The van der Waals surface area contributed by atoms with Crippen molar-refractivity contribution in [2.75, 3.05) is 13.6 Å². The number of nitrogens with zero attached hydrogens (tertiary/aromatic N) is 1. The number of rotatable bonds is 7. The van der Waals surface area contributed by atoms with Gasteiger partial charge in [0.25, 0.3) is 0 Å². The average Bonchev–Trinajstić information content (AvgIpc) is 2.54. The third kappa shape index (κ3) is 4.53. The van der Waals surface area contributed by atoms with Gasteiger partial charge in [-0.1, -0.05) is 30.3 Å². The summed E-state index contributed by atoms with van der Waals surface area (Å²) in [6.07, 6.45) is 1.23. The lowest BCUT2D eigenvalue weighted by molar-refractivity contribution is 0.0199. The second-order valence-corrected chi connectivity index (χ2v) is 4.80. The van der Waals surface area contributed by atoms with Gasteiger partial charge in [-0.15, -0.1) is 0 Å². The molecule has 0 amide bonds. The maximum absolute atomic E-state index is 10.0. The van der Waals surface area contributed by atoms with E-state index < -0.39 is 12.2 Å². The number of aliphatic hydroxyl groups is 2. The van der Waals surface area contributed by atoms with Crippen molar-refractivity contribution in [2.24, 2.45) is 0 Å². The van der Waals surface area contributed by atoms with E-state index in [-0.39, 0.29) is 0 Å². The highest BCUT2D eigenvalue weighted by molar-refractivity contribution is 5.26. The minimum Gasteiger partial charge on any atom is -0.487 e. The molecular weight excluding hydrogens is 268 g/mol. The van der Waals surface area contributed by atoms with E-state index in [4.69, 9.17) is 4.74 Å². The second-order valence-electron chi connectivity index (χ2n) is 4.80. The van der Waals surface area contributed by atoms with Crippen LogP contribution in [0.25, 0.3) is 0 Å². The third-order valence-corrected chi connectivity index (χ3v) is 3.10. The van der Waals surface area contributed by atoms with E-state index in [1.165, 1.54) is 6.20 Å². The van der Waals surface area contributed by atoms with E-state index in [0.717, 1.165) is 5.56 Å². The smallest absolute Gasteiger partial charge is 0.138 e. The minimum absolute atomic E-state index is 0.302. The lowest BCUT2D eigenvalue weighted by Crippen LogP contribution is -2.29. The van der Waals surface area contributed by atoms with Crippen molar-refractivity contribution in [1.82, 2.24) is 10.3 Å². The molecule has 0 aliphatic rings. The second kappa shape index (κ2) is 7.73. The van der Waals surface area contributed by atoms with E-state index in [1.54, 1.807) is 19.3 Å². The molecule has 0 saturated heterocycles. The summed E-state index contributed by atoms with van der Waals surface area (Å²) in [5, 5.41) is 22.7. The molecule has 2 atom stereocenters. The Balaban J connectivity index is 2.00. The highest BCUT2D eigenvalue weighted by atomic mass is 16.5. The quantitative estimate of drug-likeness (QED) is 0.715. The molecule has 0 aliphatic carbocycles. The van der Waals surface area contributed by atoms with E-state index >= 15 is 0 Å². The Morgan fingerprint density at radius 1 is 1.19 bits per heavy atom. The summed E-state index contributed by atoms with van der Waals surface area (Å²) in [7, 11) is 1.72. The fraction of sp³-hybridized carbons (Fsp3) is 0.312. The van der Waals surface area contributed by atoms with Crippen LogP contribution in [0.1, 0.15) is 17.2 Å². The summed E-state index contributed by atoms with van der Waals surface area (Å²) in [4.78, 5) is 4.04. The maximum atomic E-state index is 10.0. The third-order valence-electron chi connectivity index (χ3n) is 3.10. The largest absolute Gasteiger partial charge is 0.487 e. The first kappa shape index (κ1) is 15.4. The zero-order chi connectivity index (χ0) is 15.1. The molecule has 5 heteroatoms. The van der Waals surface area contributed by atoms with Crippen LogP contribution in [0.2, 0.25) is 0 Å². The van der Waals surface area contributed by atoms with Crippen LogP contribution >= 0.6 is 0 Å². The highest BCUT2D eigenvalue weighted by Crippen LogP contribution is 2.21. The van der Waals surface area contributed by atoms with Crippen LogP contribution in [0.5, 0.6) is 5.75 Å². The van der Waals surface area contributed by atoms with E-state index in [0.29, 0.717) is 24.5 Å². The van der Waals surface area contributed by atoms with Gasteiger partial charge in [-0.25, -0.2) is 0 Å². The number of likely N-dealkylation sites (N-methyl/N-ethyl adjacent to an activating group) is 1. The molecule has 2 unspecified atom stereocenters. The summed E-state index contributed by atoms with van der Waals surface area (Å²) in [6, 6.07) is 11.5. The lowest BCUT2D eigenvalue weighted by Gasteiger charge is -2.18. The summed E-state index contributed by atoms with van der Waals surface area (Å²) in [5.41, 5.74) is 1.59. The van der Waals surface area contributed by atoms with Gasteiger partial charge < -0.3 is 20.3 Å². The Labute approximate surface area is 124 Å². The number of aliphatic hydroxyl groups excluding tert-OH is 2. The van der Waals surface area contributed by atoms with Gasteiger partial charge in [-0.05, 0) is 18.7 Å². The SMILES string of the molecule is CNCC(O)C(O)c1cncc(OCc2ccccc2)c1. The zero-order valence-electron chi connectivity index (χ0n) is 11.9. The number of hydrogen-bond acceptors (Lipinski definition) is 5. The maximum Gasteiger partial charge on any atom is 0.138 e. The van der Waals surface area contributed by atoms with Crippen molar-refractivity contribution in [2.45, 2.75) is 18.8 Å². The summed E-state index contributed by atoms with van der Waals surface area (Å²) >= 11 is 0. The molecule has 1 aromatic carbocycles. The number of nitrogens with one attached hydrogen (secondary N) is 1. The Morgan fingerprint density at radius 2 is 1.95 bits per heavy atom. The molecule has 0 fully saturated rings. The summed E-state index contributed by atoms with van der Waals surface area (Å²) in [5.74, 6) is 0.562. The fourth-order valence-electron chi connectivity index (χ4n) is 1.96. The number of hydrogen-bond donors (Lipinski definition) is 3. The molecular formula is C16H20N2O3.